The minimum absolute atomic E-state index is 0.342. The highest BCUT2D eigenvalue weighted by molar-refractivity contribution is 14.1. The van der Waals surface area contributed by atoms with E-state index >= 15 is 0 Å². The van der Waals surface area contributed by atoms with Crippen LogP contribution in [0.15, 0.2) is 36.4 Å². The molecule has 94 valence electrons. The fourth-order valence-corrected chi connectivity index (χ4v) is 2.60. The van der Waals surface area contributed by atoms with Crippen LogP contribution in [0.1, 0.15) is 17.2 Å². The van der Waals surface area contributed by atoms with Crippen LogP contribution in [-0.2, 0) is 0 Å². The van der Waals surface area contributed by atoms with Gasteiger partial charge in [0.25, 0.3) is 0 Å². The van der Waals surface area contributed by atoms with Gasteiger partial charge >= 0.3 is 0 Å². The second-order valence-corrected chi connectivity index (χ2v) is 6.15. The Labute approximate surface area is 134 Å². The molecule has 0 aromatic heterocycles. The Kier molecular flexibility index (Phi) is 4.78. The van der Waals surface area contributed by atoms with Crippen molar-refractivity contribution in [2.24, 2.45) is 5.73 Å². The molecule has 0 heterocycles. The lowest BCUT2D eigenvalue weighted by Crippen LogP contribution is -2.12. The quantitative estimate of drug-likeness (QED) is 0.666. The lowest BCUT2D eigenvalue weighted by Gasteiger charge is -2.15. The Bertz CT molecular complexity index is 586. The predicted octanol–water partition coefficient (Wildman–Crippen LogP) is 5.30. The third-order valence-electron chi connectivity index (χ3n) is 2.62. The van der Waals surface area contributed by atoms with Gasteiger partial charge in [-0.25, -0.2) is 0 Å². The molecule has 0 amide bonds. The summed E-state index contributed by atoms with van der Waals surface area (Å²) >= 11 is 20.4. The maximum atomic E-state index is 6.20. The van der Waals surface area contributed by atoms with Gasteiger partial charge in [-0.2, -0.15) is 0 Å². The minimum atomic E-state index is -0.342. The lowest BCUT2D eigenvalue weighted by molar-refractivity contribution is 0.871. The van der Waals surface area contributed by atoms with Crippen LogP contribution in [0, 0.1) is 3.57 Å². The van der Waals surface area contributed by atoms with E-state index < -0.39 is 0 Å². The van der Waals surface area contributed by atoms with E-state index in [2.05, 4.69) is 22.6 Å². The standard InChI is InChI=1S/C13H9Cl3IN/c14-9-3-1-2-8(12(9)16)13(18)7-4-5-11(17)10(15)6-7/h1-6,13H,18H2. The molecule has 0 spiro atoms. The second-order valence-electron chi connectivity index (χ2n) is 3.79. The average molecular weight is 412 g/mol. The monoisotopic (exact) mass is 411 g/mol. The molecule has 2 aromatic rings. The molecule has 2 rings (SSSR count). The van der Waals surface area contributed by atoms with Gasteiger partial charge in [-0.15, -0.1) is 0 Å². The summed E-state index contributed by atoms with van der Waals surface area (Å²) < 4.78 is 0.988. The maximum Gasteiger partial charge on any atom is 0.0643 e. The maximum absolute atomic E-state index is 6.20. The summed E-state index contributed by atoms with van der Waals surface area (Å²) in [7, 11) is 0. The SMILES string of the molecule is NC(c1ccc(I)c(Cl)c1)c1cccc(Cl)c1Cl. The first-order valence-corrected chi connectivity index (χ1v) is 7.36. The van der Waals surface area contributed by atoms with Gasteiger partial charge < -0.3 is 5.73 Å². The smallest absolute Gasteiger partial charge is 0.0643 e. The molecule has 1 atom stereocenters. The Hall–Kier alpha value is -0.000000000000000167. The lowest BCUT2D eigenvalue weighted by atomic mass is 10.00. The van der Waals surface area contributed by atoms with Crippen molar-refractivity contribution in [2.45, 2.75) is 6.04 Å². The molecule has 0 bridgehead atoms. The van der Waals surface area contributed by atoms with Gasteiger partial charge in [-0.3, -0.25) is 0 Å². The molecule has 0 aliphatic carbocycles. The van der Waals surface area contributed by atoms with E-state index in [0.29, 0.717) is 15.1 Å². The van der Waals surface area contributed by atoms with Crippen molar-refractivity contribution < 1.29 is 0 Å². The summed E-state index contributed by atoms with van der Waals surface area (Å²) in [5.74, 6) is 0. The van der Waals surface area contributed by atoms with E-state index in [1.54, 1.807) is 6.07 Å². The third-order valence-corrected chi connectivity index (χ3v) is 5.03. The zero-order valence-electron chi connectivity index (χ0n) is 9.13. The van der Waals surface area contributed by atoms with E-state index in [1.807, 2.05) is 30.3 Å². The summed E-state index contributed by atoms with van der Waals surface area (Å²) in [4.78, 5) is 0. The molecule has 0 aliphatic rings. The Morgan fingerprint density at radius 1 is 1.00 bits per heavy atom. The highest BCUT2D eigenvalue weighted by Gasteiger charge is 2.15. The summed E-state index contributed by atoms with van der Waals surface area (Å²) in [6.45, 7) is 0. The third kappa shape index (κ3) is 2.94. The van der Waals surface area contributed by atoms with Crippen LogP contribution in [0.25, 0.3) is 0 Å². The van der Waals surface area contributed by atoms with E-state index in [9.17, 15) is 0 Å². The van der Waals surface area contributed by atoms with Crippen LogP contribution < -0.4 is 5.73 Å². The molecule has 18 heavy (non-hydrogen) atoms. The molecule has 5 heteroatoms. The Morgan fingerprint density at radius 3 is 2.39 bits per heavy atom. The number of hydrogen-bond acceptors (Lipinski definition) is 1. The van der Waals surface area contributed by atoms with E-state index in [1.165, 1.54) is 0 Å². The number of benzene rings is 2. The number of hydrogen-bond donors (Lipinski definition) is 1. The summed E-state index contributed by atoms with van der Waals surface area (Å²) in [6, 6.07) is 10.8. The van der Waals surface area contributed by atoms with Crippen LogP contribution in [0.5, 0.6) is 0 Å². The summed E-state index contributed by atoms with van der Waals surface area (Å²) in [5, 5.41) is 1.67. The predicted molar refractivity (Wildman–Crippen MR) is 86.7 cm³/mol. The van der Waals surface area contributed by atoms with Crippen LogP contribution >= 0.6 is 57.4 Å². The highest BCUT2D eigenvalue weighted by Crippen LogP contribution is 2.33. The fourth-order valence-electron chi connectivity index (χ4n) is 1.65. The Balaban J connectivity index is 2.44. The molecule has 1 unspecified atom stereocenters. The molecular weight excluding hydrogens is 403 g/mol. The number of halogens is 4. The van der Waals surface area contributed by atoms with Crippen molar-refractivity contribution in [1.82, 2.24) is 0 Å². The van der Waals surface area contributed by atoms with E-state index in [-0.39, 0.29) is 6.04 Å². The molecule has 0 aliphatic heterocycles. The molecule has 2 N–H and O–H groups in total. The zero-order valence-corrected chi connectivity index (χ0v) is 13.6. The first-order chi connectivity index (χ1) is 8.50. The number of rotatable bonds is 2. The molecule has 0 radical (unpaired) electrons. The molecule has 0 saturated carbocycles. The van der Waals surface area contributed by atoms with E-state index in [4.69, 9.17) is 40.5 Å². The zero-order chi connectivity index (χ0) is 13.3. The van der Waals surface area contributed by atoms with Crippen molar-refractivity contribution in [1.29, 1.82) is 0 Å². The van der Waals surface area contributed by atoms with Crippen LogP contribution in [0.3, 0.4) is 0 Å². The average Bonchev–Trinajstić information content (AvgIpc) is 2.35. The highest BCUT2D eigenvalue weighted by atomic mass is 127. The second kappa shape index (κ2) is 5.97. The van der Waals surface area contributed by atoms with Crippen molar-refractivity contribution in [3.05, 3.63) is 66.2 Å². The van der Waals surface area contributed by atoms with Gasteiger partial charge in [-0.05, 0) is 51.9 Å². The van der Waals surface area contributed by atoms with Crippen molar-refractivity contribution in [3.63, 3.8) is 0 Å². The van der Waals surface area contributed by atoms with Crippen molar-refractivity contribution in [2.75, 3.05) is 0 Å². The first kappa shape index (κ1) is 14.4. The molecular formula is C13H9Cl3IN. The molecule has 0 saturated heterocycles. The topological polar surface area (TPSA) is 26.0 Å². The van der Waals surface area contributed by atoms with Gasteiger partial charge in [0.15, 0.2) is 0 Å². The van der Waals surface area contributed by atoms with Gasteiger partial charge in [-0.1, -0.05) is 53.0 Å². The van der Waals surface area contributed by atoms with Gasteiger partial charge in [0.2, 0.25) is 0 Å². The van der Waals surface area contributed by atoms with Gasteiger partial charge in [0.05, 0.1) is 21.1 Å². The molecule has 1 nitrogen and oxygen atoms in total. The molecule has 0 fully saturated rings. The van der Waals surface area contributed by atoms with Gasteiger partial charge in [0.1, 0.15) is 0 Å². The van der Waals surface area contributed by atoms with Crippen molar-refractivity contribution in [3.8, 4) is 0 Å². The van der Waals surface area contributed by atoms with Gasteiger partial charge in [0, 0.05) is 3.57 Å². The minimum Gasteiger partial charge on any atom is -0.320 e. The molecule has 2 aromatic carbocycles. The normalized spacial score (nSPS) is 12.5. The summed E-state index contributed by atoms with van der Waals surface area (Å²) in [6.07, 6.45) is 0. The van der Waals surface area contributed by atoms with Crippen LogP contribution in [0.4, 0.5) is 0 Å². The number of nitrogens with two attached hydrogens (primary N) is 1. The summed E-state index contributed by atoms with van der Waals surface area (Å²) in [5.41, 5.74) is 7.90. The van der Waals surface area contributed by atoms with Crippen LogP contribution in [-0.4, -0.2) is 0 Å². The van der Waals surface area contributed by atoms with Crippen molar-refractivity contribution >= 4 is 57.4 Å². The first-order valence-electron chi connectivity index (χ1n) is 5.15. The fraction of sp³-hybridized carbons (Fsp3) is 0.0769. The largest absolute Gasteiger partial charge is 0.320 e. The van der Waals surface area contributed by atoms with Crippen LogP contribution in [0.2, 0.25) is 15.1 Å². The Morgan fingerprint density at radius 2 is 1.72 bits per heavy atom. The van der Waals surface area contributed by atoms with E-state index in [0.717, 1.165) is 14.7 Å².